The minimum Gasteiger partial charge on any atom is -0.452 e. The monoisotopic (exact) mass is 346 g/mol. The summed E-state index contributed by atoms with van der Waals surface area (Å²) in [6.07, 6.45) is 6.79. The largest absolute Gasteiger partial charge is 0.452 e. The third-order valence-electron chi connectivity index (χ3n) is 4.24. The summed E-state index contributed by atoms with van der Waals surface area (Å²) in [5.74, 6) is -0.224. The van der Waals surface area contributed by atoms with Gasteiger partial charge in [-0.2, -0.15) is 0 Å². The van der Waals surface area contributed by atoms with E-state index in [1.54, 1.807) is 0 Å². The van der Waals surface area contributed by atoms with E-state index in [4.69, 9.17) is 4.74 Å². The molecule has 7 nitrogen and oxygen atoms in total. The Kier molecular flexibility index (Phi) is 6.68. The lowest BCUT2D eigenvalue weighted by Gasteiger charge is -2.26. The standard InChI is InChI=1S/C18H22N2O5/c1-13-2-7-15(8-3-13)19-17(21)12-25-18(22)11-6-14-4-9-16(10-5-14)20(23)24/h4-6,9-11,13,15H,2-3,7-8,12H2,1H3,(H,19,21)/b11-6+. The second kappa shape index (κ2) is 8.96. The van der Waals surface area contributed by atoms with Gasteiger partial charge in [-0.15, -0.1) is 0 Å². The van der Waals surface area contributed by atoms with E-state index in [1.165, 1.54) is 36.4 Å². The molecule has 0 radical (unpaired) electrons. The van der Waals surface area contributed by atoms with Crippen LogP contribution in [0.2, 0.25) is 0 Å². The Hall–Kier alpha value is -2.70. The zero-order chi connectivity index (χ0) is 18.2. The molecular weight excluding hydrogens is 324 g/mol. The summed E-state index contributed by atoms with van der Waals surface area (Å²) in [6, 6.07) is 5.92. The molecule has 134 valence electrons. The average molecular weight is 346 g/mol. The number of amides is 1. The average Bonchev–Trinajstić information content (AvgIpc) is 2.60. The highest BCUT2D eigenvalue weighted by Gasteiger charge is 2.19. The van der Waals surface area contributed by atoms with Gasteiger partial charge in [0.1, 0.15) is 0 Å². The van der Waals surface area contributed by atoms with Crippen LogP contribution in [0, 0.1) is 16.0 Å². The number of nitrogens with one attached hydrogen (secondary N) is 1. The number of nitro groups is 1. The van der Waals surface area contributed by atoms with Crippen LogP contribution in [0.15, 0.2) is 30.3 Å². The van der Waals surface area contributed by atoms with Gasteiger partial charge < -0.3 is 10.1 Å². The highest BCUT2D eigenvalue weighted by molar-refractivity contribution is 5.89. The minimum atomic E-state index is -0.634. The number of nitrogens with zero attached hydrogens (tertiary/aromatic N) is 1. The number of rotatable bonds is 6. The third-order valence-corrected chi connectivity index (χ3v) is 4.24. The van der Waals surface area contributed by atoms with Gasteiger partial charge in [0.05, 0.1) is 4.92 Å². The molecule has 25 heavy (non-hydrogen) atoms. The van der Waals surface area contributed by atoms with Gasteiger partial charge in [-0.3, -0.25) is 14.9 Å². The molecule has 0 aliphatic heterocycles. The fourth-order valence-corrected chi connectivity index (χ4v) is 2.73. The van der Waals surface area contributed by atoms with Crippen molar-refractivity contribution in [1.82, 2.24) is 5.32 Å². The molecule has 0 heterocycles. The Morgan fingerprint density at radius 3 is 2.48 bits per heavy atom. The normalized spacial score (nSPS) is 20.2. The highest BCUT2D eigenvalue weighted by atomic mass is 16.6. The first-order valence-electron chi connectivity index (χ1n) is 8.32. The maximum Gasteiger partial charge on any atom is 0.331 e. The molecule has 0 saturated heterocycles. The maximum atomic E-state index is 11.8. The predicted molar refractivity (Wildman–Crippen MR) is 92.7 cm³/mol. The van der Waals surface area contributed by atoms with Crippen molar-refractivity contribution in [3.63, 3.8) is 0 Å². The third kappa shape index (κ3) is 6.37. The molecule has 0 aromatic heterocycles. The van der Waals surface area contributed by atoms with Crippen molar-refractivity contribution in [2.75, 3.05) is 6.61 Å². The lowest BCUT2D eigenvalue weighted by Crippen LogP contribution is -2.39. The molecule has 1 fully saturated rings. The quantitative estimate of drug-likeness (QED) is 0.370. The Morgan fingerprint density at radius 2 is 1.88 bits per heavy atom. The van der Waals surface area contributed by atoms with Gasteiger partial charge in [-0.05, 0) is 55.4 Å². The van der Waals surface area contributed by atoms with Crippen LogP contribution >= 0.6 is 0 Å². The number of hydrogen-bond acceptors (Lipinski definition) is 5. The lowest BCUT2D eigenvalue weighted by atomic mass is 9.87. The molecule has 1 amide bonds. The number of ether oxygens (including phenoxy) is 1. The summed E-state index contributed by atoms with van der Waals surface area (Å²) < 4.78 is 4.90. The van der Waals surface area contributed by atoms with Crippen LogP contribution in [-0.2, 0) is 14.3 Å². The number of esters is 1. The summed E-state index contributed by atoms with van der Waals surface area (Å²) in [4.78, 5) is 33.5. The number of carbonyl (C=O) groups is 2. The topological polar surface area (TPSA) is 98.5 Å². The van der Waals surface area contributed by atoms with E-state index in [1.807, 2.05) is 0 Å². The summed E-state index contributed by atoms with van der Waals surface area (Å²) >= 11 is 0. The van der Waals surface area contributed by atoms with Crippen LogP contribution in [-0.4, -0.2) is 29.4 Å². The number of nitro benzene ring substituents is 1. The fourth-order valence-electron chi connectivity index (χ4n) is 2.73. The minimum absolute atomic E-state index is 0.0199. The fraction of sp³-hybridized carbons (Fsp3) is 0.444. The summed E-state index contributed by atoms with van der Waals surface area (Å²) in [7, 11) is 0. The SMILES string of the molecule is CC1CCC(NC(=O)COC(=O)/C=C/c2ccc([N+](=O)[O-])cc2)CC1. The van der Waals surface area contributed by atoms with E-state index in [9.17, 15) is 19.7 Å². The molecule has 1 aromatic rings. The van der Waals surface area contributed by atoms with E-state index in [0.717, 1.165) is 25.7 Å². The molecule has 0 atom stereocenters. The van der Waals surface area contributed by atoms with Gasteiger partial charge in [0.2, 0.25) is 0 Å². The molecule has 1 aromatic carbocycles. The van der Waals surface area contributed by atoms with E-state index in [-0.39, 0.29) is 24.2 Å². The second-order valence-electron chi connectivity index (χ2n) is 6.31. The van der Waals surface area contributed by atoms with Crippen LogP contribution in [0.25, 0.3) is 6.08 Å². The van der Waals surface area contributed by atoms with Crippen molar-refractivity contribution >= 4 is 23.6 Å². The number of non-ortho nitro benzene ring substituents is 1. The Bertz CT molecular complexity index is 646. The summed E-state index contributed by atoms with van der Waals surface area (Å²) in [6.45, 7) is 1.90. The van der Waals surface area contributed by atoms with Crippen LogP contribution < -0.4 is 5.32 Å². The summed E-state index contributed by atoms with van der Waals surface area (Å²) in [5, 5.41) is 13.4. The van der Waals surface area contributed by atoms with Gasteiger partial charge in [0.25, 0.3) is 11.6 Å². The molecule has 1 aliphatic carbocycles. The van der Waals surface area contributed by atoms with E-state index < -0.39 is 10.9 Å². The molecule has 7 heteroatoms. The Morgan fingerprint density at radius 1 is 1.24 bits per heavy atom. The van der Waals surface area contributed by atoms with Gasteiger partial charge in [0.15, 0.2) is 6.61 Å². The maximum absolute atomic E-state index is 11.8. The molecule has 1 N–H and O–H groups in total. The summed E-state index contributed by atoms with van der Waals surface area (Å²) in [5.41, 5.74) is 0.608. The van der Waals surface area contributed by atoms with Crippen LogP contribution in [0.3, 0.4) is 0 Å². The smallest absolute Gasteiger partial charge is 0.331 e. The Balaban J connectivity index is 1.72. The van der Waals surface area contributed by atoms with Crippen molar-refractivity contribution < 1.29 is 19.2 Å². The molecule has 0 spiro atoms. The number of benzene rings is 1. The zero-order valence-electron chi connectivity index (χ0n) is 14.1. The lowest BCUT2D eigenvalue weighted by molar-refractivity contribution is -0.384. The van der Waals surface area contributed by atoms with Crippen LogP contribution in [0.1, 0.15) is 38.2 Å². The van der Waals surface area contributed by atoms with Crippen molar-refractivity contribution in [2.45, 2.75) is 38.6 Å². The predicted octanol–water partition coefficient (Wildman–Crippen LogP) is 2.85. The van der Waals surface area contributed by atoms with E-state index in [2.05, 4.69) is 12.2 Å². The molecule has 1 saturated carbocycles. The van der Waals surface area contributed by atoms with Gasteiger partial charge in [0, 0.05) is 24.3 Å². The molecule has 1 aliphatic rings. The Labute approximate surface area is 146 Å². The van der Waals surface area contributed by atoms with Crippen LogP contribution in [0.5, 0.6) is 0 Å². The number of carbonyl (C=O) groups excluding carboxylic acids is 2. The molecular formula is C18H22N2O5. The molecule has 0 unspecified atom stereocenters. The van der Waals surface area contributed by atoms with Crippen molar-refractivity contribution in [3.8, 4) is 0 Å². The molecule has 0 bridgehead atoms. The molecule has 2 rings (SSSR count). The van der Waals surface area contributed by atoms with Gasteiger partial charge in [-0.25, -0.2) is 4.79 Å². The first kappa shape index (κ1) is 18.6. The number of hydrogen-bond donors (Lipinski definition) is 1. The van der Waals surface area contributed by atoms with Crippen LogP contribution in [0.4, 0.5) is 5.69 Å². The van der Waals surface area contributed by atoms with E-state index in [0.29, 0.717) is 11.5 Å². The zero-order valence-corrected chi connectivity index (χ0v) is 14.1. The van der Waals surface area contributed by atoms with Crippen molar-refractivity contribution in [1.29, 1.82) is 0 Å². The highest BCUT2D eigenvalue weighted by Crippen LogP contribution is 2.23. The van der Waals surface area contributed by atoms with Gasteiger partial charge >= 0.3 is 5.97 Å². The second-order valence-corrected chi connectivity index (χ2v) is 6.31. The first-order chi connectivity index (χ1) is 11.9. The van der Waals surface area contributed by atoms with Gasteiger partial charge in [-0.1, -0.05) is 6.92 Å². The van der Waals surface area contributed by atoms with Crippen molar-refractivity contribution in [3.05, 3.63) is 46.0 Å². The first-order valence-corrected chi connectivity index (χ1v) is 8.32. The van der Waals surface area contributed by atoms with E-state index >= 15 is 0 Å². The van der Waals surface area contributed by atoms with Crippen molar-refractivity contribution in [2.24, 2.45) is 5.92 Å².